The Hall–Kier alpha value is -1.02. The molecule has 1 aromatic rings. The highest BCUT2D eigenvalue weighted by Crippen LogP contribution is 2.34. The van der Waals surface area contributed by atoms with Gasteiger partial charge in [0.2, 0.25) is 0 Å². The van der Waals surface area contributed by atoms with Gasteiger partial charge < -0.3 is 10.1 Å². The van der Waals surface area contributed by atoms with Crippen LogP contribution in [-0.4, -0.2) is 19.2 Å². The number of para-hydroxylation sites is 1. The Morgan fingerprint density at radius 3 is 2.44 bits per heavy atom. The minimum Gasteiger partial charge on any atom is -0.490 e. The first kappa shape index (κ1) is 12.0. The van der Waals surface area contributed by atoms with Crippen LogP contribution in [0.2, 0.25) is 0 Å². The van der Waals surface area contributed by atoms with Crippen molar-refractivity contribution in [3.8, 4) is 5.75 Å². The second kappa shape index (κ2) is 5.75. The van der Waals surface area contributed by atoms with Gasteiger partial charge in [-0.15, -0.1) is 0 Å². The van der Waals surface area contributed by atoms with Gasteiger partial charge in [0.25, 0.3) is 0 Å². The van der Waals surface area contributed by atoms with Gasteiger partial charge >= 0.3 is 0 Å². The number of hydrogen-bond acceptors (Lipinski definition) is 2. The maximum atomic E-state index is 6.24. The molecule has 2 aliphatic rings. The number of nitrogens with one attached hydrogen (secondary N) is 1. The standard InChI is InChI=1S/C16H23NO/c1-2-6-14(5-1)18-16-8-4-3-7-15(16)13-9-11-17-12-10-13/h3-4,7-8,13-14,17H,1-2,5-6,9-12H2. The van der Waals surface area contributed by atoms with Crippen LogP contribution in [0, 0.1) is 0 Å². The van der Waals surface area contributed by atoms with Gasteiger partial charge in [-0.05, 0) is 69.2 Å². The van der Waals surface area contributed by atoms with Crippen LogP contribution in [-0.2, 0) is 0 Å². The highest BCUT2D eigenvalue weighted by atomic mass is 16.5. The quantitative estimate of drug-likeness (QED) is 0.880. The van der Waals surface area contributed by atoms with Gasteiger partial charge in [0, 0.05) is 0 Å². The van der Waals surface area contributed by atoms with Crippen LogP contribution < -0.4 is 10.1 Å². The van der Waals surface area contributed by atoms with Gasteiger partial charge in [-0.2, -0.15) is 0 Å². The first-order chi connectivity index (χ1) is 8.93. The zero-order valence-electron chi connectivity index (χ0n) is 11.0. The highest BCUT2D eigenvalue weighted by Gasteiger charge is 2.22. The number of benzene rings is 1. The third-order valence-electron chi connectivity index (χ3n) is 4.29. The lowest BCUT2D eigenvalue weighted by Gasteiger charge is -2.26. The van der Waals surface area contributed by atoms with Crippen molar-refractivity contribution >= 4 is 0 Å². The molecular formula is C16H23NO. The molecule has 0 bridgehead atoms. The van der Waals surface area contributed by atoms with E-state index >= 15 is 0 Å². The van der Waals surface area contributed by atoms with Gasteiger partial charge in [-0.25, -0.2) is 0 Å². The third kappa shape index (κ3) is 2.69. The van der Waals surface area contributed by atoms with Crippen molar-refractivity contribution in [3.05, 3.63) is 29.8 Å². The SMILES string of the molecule is c1ccc(C2CCNCC2)c(OC2CCCC2)c1. The molecule has 2 nitrogen and oxygen atoms in total. The molecule has 0 aromatic heterocycles. The fourth-order valence-electron chi connectivity index (χ4n) is 3.24. The molecule has 0 radical (unpaired) electrons. The normalized spacial score (nSPS) is 22.2. The lowest BCUT2D eigenvalue weighted by atomic mass is 9.89. The third-order valence-corrected chi connectivity index (χ3v) is 4.29. The molecule has 1 aliphatic carbocycles. The molecule has 1 saturated heterocycles. The van der Waals surface area contributed by atoms with Crippen molar-refractivity contribution in [2.24, 2.45) is 0 Å². The Kier molecular flexibility index (Phi) is 3.84. The van der Waals surface area contributed by atoms with Gasteiger partial charge in [-0.1, -0.05) is 18.2 Å². The van der Waals surface area contributed by atoms with Gasteiger partial charge in [0.05, 0.1) is 6.10 Å². The summed E-state index contributed by atoms with van der Waals surface area (Å²) >= 11 is 0. The summed E-state index contributed by atoms with van der Waals surface area (Å²) in [5, 5.41) is 3.44. The molecule has 1 aromatic carbocycles. The van der Waals surface area contributed by atoms with Crippen molar-refractivity contribution in [2.75, 3.05) is 13.1 Å². The summed E-state index contributed by atoms with van der Waals surface area (Å²) < 4.78 is 6.24. The maximum absolute atomic E-state index is 6.24. The molecule has 98 valence electrons. The molecule has 0 unspecified atom stereocenters. The van der Waals surface area contributed by atoms with E-state index in [1.807, 2.05) is 0 Å². The Labute approximate surface area is 110 Å². The van der Waals surface area contributed by atoms with Crippen molar-refractivity contribution in [3.63, 3.8) is 0 Å². The molecule has 1 heterocycles. The van der Waals surface area contributed by atoms with E-state index in [1.54, 1.807) is 0 Å². The van der Waals surface area contributed by atoms with Crippen LogP contribution in [0.4, 0.5) is 0 Å². The Morgan fingerprint density at radius 2 is 1.67 bits per heavy atom. The van der Waals surface area contributed by atoms with Gasteiger partial charge in [0.15, 0.2) is 0 Å². The lowest BCUT2D eigenvalue weighted by molar-refractivity contribution is 0.206. The first-order valence-electron chi connectivity index (χ1n) is 7.40. The summed E-state index contributed by atoms with van der Waals surface area (Å²) in [4.78, 5) is 0. The summed E-state index contributed by atoms with van der Waals surface area (Å²) in [5.74, 6) is 1.83. The Balaban J connectivity index is 1.75. The number of rotatable bonds is 3. The highest BCUT2D eigenvalue weighted by molar-refractivity contribution is 5.36. The average molecular weight is 245 g/mol. The summed E-state index contributed by atoms with van der Waals surface area (Å²) in [6.45, 7) is 2.28. The molecule has 2 fully saturated rings. The fraction of sp³-hybridized carbons (Fsp3) is 0.625. The predicted molar refractivity (Wildman–Crippen MR) is 74.2 cm³/mol. The van der Waals surface area contributed by atoms with Gasteiger partial charge in [0.1, 0.15) is 5.75 Å². The van der Waals surface area contributed by atoms with E-state index in [-0.39, 0.29) is 0 Å². The van der Waals surface area contributed by atoms with Crippen LogP contribution in [0.15, 0.2) is 24.3 Å². The molecule has 1 saturated carbocycles. The van der Waals surface area contributed by atoms with E-state index in [0.29, 0.717) is 12.0 Å². The molecular weight excluding hydrogens is 222 g/mol. The van der Waals surface area contributed by atoms with E-state index in [4.69, 9.17) is 4.74 Å². The average Bonchev–Trinajstić information content (AvgIpc) is 2.93. The summed E-state index contributed by atoms with van der Waals surface area (Å²) in [7, 11) is 0. The van der Waals surface area contributed by atoms with E-state index in [9.17, 15) is 0 Å². The Morgan fingerprint density at radius 1 is 0.944 bits per heavy atom. The second-order valence-electron chi connectivity index (χ2n) is 5.59. The Bertz CT molecular complexity index is 378. The molecule has 3 rings (SSSR count). The minimum atomic E-state index is 0.466. The zero-order chi connectivity index (χ0) is 12.2. The monoisotopic (exact) mass is 245 g/mol. The van der Waals surface area contributed by atoms with Crippen molar-refractivity contribution < 1.29 is 4.74 Å². The van der Waals surface area contributed by atoms with Crippen LogP contribution >= 0.6 is 0 Å². The number of ether oxygens (including phenoxy) is 1. The van der Waals surface area contributed by atoms with Gasteiger partial charge in [-0.3, -0.25) is 0 Å². The van der Waals surface area contributed by atoms with Crippen LogP contribution in [0.5, 0.6) is 5.75 Å². The van der Waals surface area contributed by atoms with E-state index in [0.717, 1.165) is 18.8 Å². The lowest BCUT2D eigenvalue weighted by Crippen LogP contribution is -2.27. The molecule has 1 aliphatic heterocycles. The number of piperidine rings is 1. The topological polar surface area (TPSA) is 21.3 Å². The summed E-state index contributed by atoms with van der Waals surface area (Å²) in [6.07, 6.45) is 8.09. The second-order valence-corrected chi connectivity index (χ2v) is 5.59. The smallest absolute Gasteiger partial charge is 0.123 e. The van der Waals surface area contributed by atoms with E-state index in [2.05, 4.69) is 29.6 Å². The minimum absolute atomic E-state index is 0.466. The van der Waals surface area contributed by atoms with Crippen LogP contribution in [0.25, 0.3) is 0 Å². The predicted octanol–water partition coefficient (Wildman–Crippen LogP) is 3.48. The molecule has 0 atom stereocenters. The summed E-state index contributed by atoms with van der Waals surface area (Å²) in [6, 6.07) is 8.68. The van der Waals surface area contributed by atoms with Crippen molar-refractivity contribution in [1.29, 1.82) is 0 Å². The van der Waals surface area contributed by atoms with Crippen molar-refractivity contribution in [2.45, 2.75) is 50.5 Å². The van der Waals surface area contributed by atoms with Crippen LogP contribution in [0.3, 0.4) is 0 Å². The number of hydrogen-bond donors (Lipinski definition) is 1. The van der Waals surface area contributed by atoms with E-state index < -0.39 is 0 Å². The van der Waals surface area contributed by atoms with Crippen LogP contribution in [0.1, 0.15) is 50.0 Å². The molecule has 2 heteroatoms. The molecule has 0 amide bonds. The van der Waals surface area contributed by atoms with E-state index in [1.165, 1.54) is 44.1 Å². The molecule has 1 N–H and O–H groups in total. The molecule has 18 heavy (non-hydrogen) atoms. The first-order valence-corrected chi connectivity index (χ1v) is 7.40. The molecule has 0 spiro atoms. The summed E-state index contributed by atoms with van der Waals surface area (Å²) in [5.41, 5.74) is 1.44. The largest absolute Gasteiger partial charge is 0.490 e. The maximum Gasteiger partial charge on any atom is 0.123 e. The van der Waals surface area contributed by atoms with Crippen molar-refractivity contribution in [1.82, 2.24) is 5.32 Å². The fourth-order valence-corrected chi connectivity index (χ4v) is 3.24. The zero-order valence-corrected chi connectivity index (χ0v) is 11.0.